The van der Waals surface area contributed by atoms with Crippen LogP contribution in [0.2, 0.25) is 0 Å². The van der Waals surface area contributed by atoms with Crippen molar-refractivity contribution in [3.05, 3.63) is 42.5 Å². The second-order valence-corrected chi connectivity index (χ2v) is 7.45. The molecule has 8 heteroatoms. The van der Waals surface area contributed by atoms with Crippen LogP contribution in [-0.4, -0.2) is 56.3 Å². The molecule has 0 saturated carbocycles. The van der Waals surface area contributed by atoms with Crippen LogP contribution in [0.25, 0.3) is 10.2 Å². The number of amides is 2. The van der Waals surface area contributed by atoms with E-state index in [0.29, 0.717) is 30.3 Å². The Bertz CT molecular complexity index is 949. The highest BCUT2D eigenvalue weighted by atomic mass is 32.1. The van der Waals surface area contributed by atoms with Crippen molar-refractivity contribution in [1.29, 1.82) is 0 Å². The van der Waals surface area contributed by atoms with Crippen LogP contribution in [0.15, 0.2) is 42.5 Å². The molecule has 1 aliphatic heterocycles. The summed E-state index contributed by atoms with van der Waals surface area (Å²) >= 11 is 1.69. The molecule has 0 spiro atoms. The molecule has 0 radical (unpaired) electrons. The monoisotopic (exact) mass is 398 g/mol. The van der Waals surface area contributed by atoms with Crippen LogP contribution in [-0.2, 0) is 0 Å². The minimum Gasteiger partial charge on any atom is -0.493 e. The first-order chi connectivity index (χ1) is 13.7. The summed E-state index contributed by atoms with van der Waals surface area (Å²) < 4.78 is 11.7. The lowest BCUT2D eigenvalue weighted by Gasteiger charge is -2.34. The van der Waals surface area contributed by atoms with E-state index in [0.717, 1.165) is 23.7 Å². The van der Waals surface area contributed by atoms with E-state index in [1.807, 2.05) is 23.1 Å². The first kappa shape index (κ1) is 18.4. The molecule has 1 aromatic heterocycles. The van der Waals surface area contributed by atoms with Crippen LogP contribution in [0.5, 0.6) is 11.5 Å². The van der Waals surface area contributed by atoms with E-state index in [1.54, 1.807) is 43.8 Å². The van der Waals surface area contributed by atoms with E-state index < -0.39 is 0 Å². The molecular weight excluding hydrogens is 376 g/mol. The number of para-hydroxylation sites is 1. The number of urea groups is 1. The van der Waals surface area contributed by atoms with Crippen LogP contribution in [0.4, 0.5) is 15.6 Å². The molecule has 2 heterocycles. The molecule has 1 N–H and O–H groups in total. The summed E-state index contributed by atoms with van der Waals surface area (Å²) in [5.41, 5.74) is 1.70. The molecule has 0 unspecified atom stereocenters. The number of fused-ring (bicyclic) bond motifs is 1. The van der Waals surface area contributed by atoms with Gasteiger partial charge in [-0.1, -0.05) is 23.5 Å². The number of ether oxygens (including phenoxy) is 2. The number of hydrogen-bond acceptors (Lipinski definition) is 6. The van der Waals surface area contributed by atoms with E-state index in [4.69, 9.17) is 14.5 Å². The summed E-state index contributed by atoms with van der Waals surface area (Å²) in [5, 5.41) is 3.95. The van der Waals surface area contributed by atoms with E-state index in [2.05, 4.69) is 16.3 Å². The maximum atomic E-state index is 12.6. The van der Waals surface area contributed by atoms with E-state index >= 15 is 0 Å². The van der Waals surface area contributed by atoms with E-state index in [1.165, 1.54) is 4.70 Å². The van der Waals surface area contributed by atoms with Crippen molar-refractivity contribution >= 4 is 38.4 Å². The van der Waals surface area contributed by atoms with Gasteiger partial charge in [0, 0.05) is 37.9 Å². The summed E-state index contributed by atoms with van der Waals surface area (Å²) in [4.78, 5) is 21.4. The summed E-state index contributed by atoms with van der Waals surface area (Å²) in [7, 11) is 3.16. The number of carbonyl (C=O) groups excluding carboxylic acids is 1. The number of thiazole rings is 1. The third-order valence-corrected chi connectivity index (χ3v) is 5.85. The van der Waals surface area contributed by atoms with Crippen LogP contribution >= 0.6 is 11.3 Å². The Morgan fingerprint density at radius 3 is 2.50 bits per heavy atom. The molecule has 1 aliphatic rings. The average Bonchev–Trinajstić information content (AvgIpc) is 3.18. The van der Waals surface area contributed by atoms with Gasteiger partial charge in [-0.3, -0.25) is 0 Å². The number of rotatable bonds is 4. The minimum atomic E-state index is -0.115. The molecule has 0 aliphatic carbocycles. The smallest absolute Gasteiger partial charge is 0.321 e. The number of hydrogen-bond donors (Lipinski definition) is 1. The molecule has 1 saturated heterocycles. The standard InChI is InChI=1S/C20H22N4O3S/c1-26-16-8-7-14(13-17(16)27-2)21-19(25)23-9-11-24(12-10-23)20-22-15-5-3-4-6-18(15)28-20/h3-8,13H,9-12H2,1-2H3,(H,21,25). The SMILES string of the molecule is COc1ccc(NC(=O)N2CCN(c3nc4ccccc4s3)CC2)cc1OC. The number of benzene rings is 2. The fourth-order valence-corrected chi connectivity index (χ4v) is 4.23. The zero-order valence-electron chi connectivity index (χ0n) is 15.8. The Morgan fingerprint density at radius 1 is 1.04 bits per heavy atom. The van der Waals surface area contributed by atoms with E-state index in [9.17, 15) is 4.79 Å². The normalized spacial score (nSPS) is 14.2. The van der Waals surface area contributed by atoms with Gasteiger partial charge >= 0.3 is 6.03 Å². The first-order valence-electron chi connectivity index (χ1n) is 9.06. The summed E-state index contributed by atoms with van der Waals surface area (Å²) in [6, 6.07) is 13.4. The molecule has 2 aromatic carbocycles. The summed E-state index contributed by atoms with van der Waals surface area (Å²) in [6.45, 7) is 2.82. The molecule has 3 aromatic rings. The Labute approximate surface area is 167 Å². The van der Waals surface area contributed by atoms with Crippen LogP contribution in [0.1, 0.15) is 0 Å². The van der Waals surface area contributed by atoms with Crippen molar-refractivity contribution in [2.75, 3.05) is 50.6 Å². The van der Waals surface area contributed by atoms with Crippen molar-refractivity contribution in [2.45, 2.75) is 0 Å². The fraction of sp³-hybridized carbons (Fsp3) is 0.300. The van der Waals surface area contributed by atoms with E-state index in [-0.39, 0.29) is 6.03 Å². The highest BCUT2D eigenvalue weighted by Gasteiger charge is 2.23. The fourth-order valence-electron chi connectivity index (χ4n) is 3.21. The quantitative estimate of drug-likeness (QED) is 0.726. The van der Waals surface area contributed by atoms with Gasteiger partial charge in [-0.2, -0.15) is 0 Å². The lowest BCUT2D eigenvalue weighted by Crippen LogP contribution is -2.50. The van der Waals surface area contributed by atoms with Gasteiger partial charge < -0.3 is 24.6 Å². The molecule has 2 amide bonds. The van der Waals surface area contributed by atoms with Gasteiger partial charge in [0.15, 0.2) is 16.6 Å². The van der Waals surface area contributed by atoms with Crippen LogP contribution in [0, 0.1) is 0 Å². The van der Waals surface area contributed by atoms with Crippen LogP contribution < -0.4 is 19.7 Å². The van der Waals surface area contributed by atoms with Gasteiger partial charge in [-0.05, 0) is 24.3 Å². The predicted octanol–water partition coefficient (Wildman–Crippen LogP) is 3.67. The molecule has 7 nitrogen and oxygen atoms in total. The van der Waals surface area contributed by atoms with Gasteiger partial charge in [-0.25, -0.2) is 9.78 Å². The summed E-state index contributed by atoms with van der Waals surface area (Å²) in [5.74, 6) is 1.21. The average molecular weight is 398 g/mol. The molecule has 28 heavy (non-hydrogen) atoms. The Morgan fingerprint density at radius 2 is 1.79 bits per heavy atom. The Kier molecular flexibility index (Phi) is 5.21. The topological polar surface area (TPSA) is 66.9 Å². The van der Waals surface area contributed by atoms with Gasteiger partial charge in [0.25, 0.3) is 0 Å². The lowest BCUT2D eigenvalue weighted by molar-refractivity contribution is 0.208. The largest absolute Gasteiger partial charge is 0.493 e. The zero-order valence-corrected chi connectivity index (χ0v) is 16.7. The Hall–Kier alpha value is -3.00. The third kappa shape index (κ3) is 3.68. The molecule has 0 bridgehead atoms. The van der Waals surface area contributed by atoms with Crippen molar-refractivity contribution in [3.63, 3.8) is 0 Å². The number of nitrogens with zero attached hydrogens (tertiary/aromatic N) is 3. The molecule has 0 atom stereocenters. The summed E-state index contributed by atoms with van der Waals surface area (Å²) in [6.07, 6.45) is 0. The number of nitrogens with one attached hydrogen (secondary N) is 1. The molecule has 4 rings (SSSR count). The maximum absolute atomic E-state index is 12.6. The second-order valence-electron chi connectivity index (χ2n) is 6.44. The number of methoxy groups -OCH3 is 2. The molecular formula is C20H22N4O3S. The highest BCUT2D eigenvalue weighted by molar-refractivity contribution is 7.22. The zero-order chi connectivity index (χ0) is 19.5. The van der Waals surface area contributed by atoms with Gasteiger partial charge in [0.05, 0.1) is 24.4 Å². The maximum Gasteiger partial charge on any atom is 0.321 e. The molecule has 146 valence electrons. The first-order valence-corrected chi connectivity index (χ1v) is 9.88. The van der Waals surface area contributed by atoms with Crippen molar-refractivity contribution in [3.8, 4) is 11.5 Å². The van der Waals surface area contributed by atoms with Gasteiger partial charge in [0.1, 0.15) is 0 Å². The number of carbonyl (C=O) groups is 1. The molecule has 1 fully saturated rings. The van der Waals surface area contributed by atoms with Gasteiger partial charge in [-0.15, -0.1) is 0 Å². The van der Waals surface area contributed by atoms with Crippen molar-refractivity contribution < 1.29 is 14.3 Å². The van der Waals surface area contributed by atoms with Crippen molar-refractivity contribution in [1.82, 2.24) is 9.88 Å². The van der Waals surface area contributed by atoms with Gasteiger partial charge in [0.2, 0.25) is 0 Å². The minimum absolute atomic E-state index is 0.115. The lowest BCUT2D eigenvalue weighted by atomic mass is 10.2. The number of anilines is 2. The third-order valence-electron chi connectivity index (χ3n) is 4.75. The number of piperazine rings is 1. The predicted molar refractivity (Wildman–Crippen MR) is 112 cm³/mol. The highest BCUT2D eigenvalue weighted by Crippen LogP contribution is 2.31. The van der Waals surface area contributed by atoms with Crippen molar-refractivity contribution in [2.24, 2.45) is 0 Å². The van der Waals surface area contributed by atoms with Crippen LogP contribution in [0.3, 0.4) is 0 Å². The Balaban J connectivity index is 1.37. The number of aromatic nitrogens is 1. The second kappa shape index (κ2) is 7.93.